The van der Waals surface area contributed by atoms with Gasteiger partial charge in [-0.25, -0.2) is 0 Å². The van der Waals surface area contributed by atoms with Crippen molar-refractivity contribution in [2.45, 2.75) is 25.7 Å². The van der Waals surface area contributed by atoms with Gasteiger partial charge in [0, 0.05) is 12.1 Å². The van der Waals surface area contributed by atoms with Crippen molar-refractivity contribution >= 4 is 5.78 Å². The van der Waals surface area contributed by atoms with Crippen molar-refractivity contribution in [2.24, 2.45) is 0 Å². The Morgan fingerprint density at radius 1 is 0.727 bits per heavy atom. The molecule has 1 unspecified atom stereocenters. The van der Waals surface area contributed by atoms with Crippen LogP contribution in [0.5, 0.6) is 17.2 Å². The van der Waals surface area contributed by atoms with Crippen molar-refractivity contribution in [2.75, 3.05) is 0 Å². The molecule has 4 nitrogen and oxygen atoms in total. The van der Waals surface area contributed by atoms with Gasteiger partial charge in [0.1, 0.15) is 42.1 Å². The molecule has 1 heterocycles. The summed E-state index contributed by atoms with van der Waals surface area (Å²) in [4.78, 5) is 13.2. The Hall–Kier alpha value is -4.05. The molecule has 4 aromatic carbocycles. The van der Waals surface area contributed by atoms with Gasteiger partial charge >= 0.3 is 0 Å². The van der Waals surface area contributed by atoms with Gasteiger partial charge in [-0.2, -0.15) is 0 Å². The highest BCUT2D eigenvalue weighted by atomic mass is 16.5. The number of Topliss-reactive ketones (excluding diaryl/α,β-unsaturated/α-hetero) is 1. The molecule has 33 heavy (non-hydrogen) atoms. The van der Waals surface area contributed by atoms with Crippen LogP contribution in [0, 0.1) is 0 Å². The Balaban J connectivity index is 1.45. The lowest BCUT2D eigenvalue weighted by Gasteiger charge is -2.27. The van der Waals surface area contributed by atoms with Gasteiger partial charge in [0.25, 0.3) is 0 Å². The van der Waals surface area contributed by atoms with Gasteiger partial charge in [-0.05, 0) is 16.7 Å². The Morgan fingerprint density at radius 2 is 1.30 bits per heavy atom. The summed E-state index contributed by atoms with van der Waals surface area (Å²) in [5.74, 6) is 1.58. The topological polar surface area (TPSA) is 44.8 Å². The van der Waals surface area contributed by atoms with Crippen LogP contribution in [-0.4, -0.2) is 5.78 Å². The molecule has 0 saturated heterocycles. The van der Waals surface area contributed by atoms with E-state index in [1.807, 2.05) is 91.0 Å². The molecule has 0 saturated carbocycles. The molecule has 4 aromatic rings. The van der Waals surface area contributed by atoms with E-state index in [0.717, 1.165) is 16.7 Å². The number of ether oxygens (including phenoxy) is 3. The van der Waals surface area contributed by atoms with Crippen molar-refractivity contribution in [3.8, 4) is 17.2 Å². The second-order valence-electron chi connectivity index (χ2n) is 7.99. The normalized spacial score (nSPS) is 14.8. The van der Waals surface area contributed by atoms with Crippen LogP contribution in [0.25, 0.3) is 0 Å². The Morgan fingerprint density at radius 3 is 1.94 bits per heavy atom. The Bertz CT molecular complexity index is 1200. The molecular weight excluding hydrogens is 412 g/mol. The van der Waals surface area contributed by atoms with Gasteiger partial charge in [0.2, 0.25) is 0 Å². The van der Waals surface area contributed by atoms with Gasteiger partial charge < -0.3 is 14.2 Å². The number of hydrogen-bond donors (Lipinski definition) is 0. The summed E-state index contributed by atoms with van der Waals surface area (Å²) in [5, 5.41) is 0. The summed E-state index contributed by atoms with van der Waals surface area (Å²) in [6, 6.07) is 33.2. The minimum atomic E-state index is -0.336. The first-order chi connectivity index (χ1) is 16.3. The molecule has 0 aliphatic carbocycles. The van der Waals surface area contributed by atoms with Crippen LogP contribution >= 0.6 is 0 Å². The van der Waals surface area contributed by atoms with E-state index in [0.29, 0.717) is 36.0 Å². The number of carbonyl (C=O) groups is 1. The molecule has 0 bridgehead atoms. The molecule has 1 atom stereocenters. The lowest BCUT2D eigenvalue weighted by molar-refractivity contribution is 0.0841. The first-order valence-corrected chi connectivity index (χ1v) is 11.0. The fraction of sp³-hybridized carbons (Fsp3) is 0.138. The van der Waals surface area contributed by atoms with E-state index in [-0.39, 0.29) is 18.3 Å². The predicted octanol–water partition coefficient (Wildman–Crippen LogP) is 6.55. The number of hydrogen-bond acceptors (Lipinski definition) is 4. The quantitative estimate of drug-likeness (QED) is 0.329. The van der Waals surface area contributed by atoms with E-state index in [4.69, 9.17) is 14.2 Å². The van der Waals surface area contributed by atoms with Crippen LogP contribution in [-0.2, 0) is 13.2 Å². The molecule has 5 rings (SSSR count). The lowest BCUT2D eigenvalue weighted by Crippen LogP contribution is -2.21. The molecule has 0 aromatic heterocycles. The largest absolute Gasteiger partial charge is 0.489 e. The van der Waals surface area contributed by atoms with Gasteiger partial charge in [-0.15, -0.1) is 0 Å². The van der Waals surface area contributed by atoms with Crippen LogP contribution in [0.2, 0.25) is 0 Å². The van der Waals surface area contributed by atoms with E-state index in [9.17, 15) is 4.79 Å². The summed E-state index contributed by atoms with van der Waals surface area (Å²) in [6.07, 6.45) is -0.0688. The second-order valence-corrected chi connectivity index (χ2v) is 7.99. The molecule has 1 aliphatic rings. The average Bonchev–Trinajstić information content (AvgIpc) is 2.87. The van der Waals surface area contributed by atoms with E-state index >= 15 is 0 Å². The standard InChI is InChI=1S/C29H24O4/c30-25-18-26(23-14-8-3-9-15-23)33-28-17-24(31-19-21-10-4-1-5-11-21)16-27(29(25)28)32-20-22-12-6-2-7-13-22/h1-17,26H,18-20H2. The first kappa shape index (κ1) is 20.8. The Kier molecular flexibility index (Phi) is 6.07. The molecule has 4 heteroatoms. The van der Waals surface area contributed by atoms with Crippen molar-refractivity contribution in [1.82, 2.24) is 0 Å². The maximum atomic E-state index is 13.2. The maximum absolute atomic E-state index is 13.2. The van der Waals surface area contributed by atoms with Crippen LogP contribution in [0.15, 0.2) is 103 Å². The molecule has 164 valence electrons. The van der Waals surface area contributed by atoms with Crippen molar-refractivity contribution < 1.29 is 19.0 Å². The van der Waals surface area contributed by atoms with E-state index < -0.39 is 0 Å². The summed E-state index contributed by atoms with van der Waals surface area (Å²) in [7, 11) is 0. The van der Waals surface area contributed by atoms with Gasteiger partial charge in [-0.3, -0.25) is 4.79 Å². The SMILES string of the molecule is O=C1CC(c2ccccc2)Oc2cc(OCc3ccccc3)cc(OCc3ccccc3)c21. The monoisotopic (exact) mass is 436 g/mol. The number of fused-ring (bicyclic) bond motifs is 1. The third kappa shape index (κ3) is 4.90. The van der Waals surface area contributed by atoms with Crippen molar-refractivity contribution in [1.29, 1.82) is 0 Å². The van der Waals surface area contributed by atoms with Crippen molar-refractivity contribution in [3.05, 3.63) is 125 Å². The summed E-state index contributed by atoms with van der Waals surface area (Å²) < 4.78 is 18.5. The first-order valence-electron chi connectivity index (χ1n) is 11.0. The third-order valence-electron chi connectivity index (χ3n) is 5.62. The number of rotatable bonds is 7. The van der Waals surface area contributed by atoms with Crippen LogP contribution < -0.4 is 14.2 Å². The van der Waals surface area contributed by atoms with Crippen LogP contribution in [0.3, 0.4) is 0 Å². The van der Waals surface area contributed by atoms with Gasteiger partial charge in [0.15, 0.2) is 5.78 Å². The maximum Gasteiger partial charge on any atom is 0.174 e. The average molecular weight is 437 g/mol. The fourth-order valence-corrected chi connectivity index (χ4v) is 3.93. The summed E-state index contributed by atoms with van der Waals surface area (Å²) in [5.41, 5.74) is 3.53. The smallest absolute Gasteiger partial charge is 0.174 e. The van der Waals surface area contributed by atoms with Crippen LogP contribution in [0.4, 0.5) is 0 Å². The lowest BCUT2D eigenvalue weighted by atomic mass is 9.95. The molecule has 0 radical (unpaired) electrons. The third-order valence-corrected chi connectivity index (χ3v) is 5.62. The van der Waals surface area contributed by atoms with Gasteiger partial charge in [0.05, 0.1) is 6.42 Å². The number of carbonyl (C=O) groups excluding carboxylic acids is 1. The minimum Gasteiger partial charge on any atom is -0.489 e. The second kappa shape index (κ2) is 9.61. The number of ketones is 1. The highest BCUT2D eigenvalue weighted by Gasteiger charge is 2.31. The minimum absolute atomic E-state index is 0.00257. The van der Waals surface area contributed by atoms with E-state index in [1.165, 1.54) is 0 Å². The van der Waals surface area contributed by atoms with Gasteiger partial charge in [-0.1, -0.05) is 91.0 Å². The molecule has 0 amide bonds. The fourth-order valence-electron chi connectivity index (χ4n) is 3.93. The van der Waals surface area contributed by atoms with E-state index in [2.05, 4.69) is 0 Å². The molecule has 0 N–H and O–H groups in total. The van der Waals surface area contributed by atoms with Crippen LogP contribution in [0.1, 0.15) is 39.6 Å². The highest BCUT2D eigenvalue weighted by molar-refractivity contribution is 6.02. The highest BCUT2D eigenvalue weighted by Crippen LogP contribution is 2.42. The number of benzene rings is 4. The predicted molar refractivity (Wildman–Crippen MR) is 127 cm³/mol. The summed E-state index contributed by atoms with van der Waals surface area (Å²) >= 11 is 0. The molecule has 1 aliphatic heterocycles. The van der Waals surface area contributed by atoms with Crippen molar-refractivity contribution in [3.63, 3.8) is 0 Å². The molecule has 0 spiro atoms. The molecule has 0 fully saturated rings. The zero-order valence-electron chi connectivity index (χ0n) is 18.1. The van der Waals surface area contributed by atoms with E-state index in [1.54, 1.807) is 12.1 Å². The zero-order valence-corrected chi connectivity index (χ0v) is 18.1. The Labute approximate surface area is 193 Å². The molecular formula is C29H24O4. The summed E-state index contributed by atoms with van der Waals surface area (Å²) in [6.45, 7) is 0.763. The zero-order chi connectivity index (χ0) is 22.5.